The van der Waals surface area contributed by atoms with Crippen LogP contribution in [0.1, 0.15) is 13.3 Å². The number of ether oxygens (including phenoxy) is 1. The Morgan fingerprint density at radius 1 is 1.32 bits per heavy atom. The molecule has 6 heteroatoms. The van der Waals surface area contributed by atoms with E-state index in [9.17, 15) is 4.79 Å². The Morgan fingerprint density at radius 2 is 2.00 bits per heavy atom. The van der Waals surface area contributed by atoms with Gasteiger partial charge in [0.25, 0.3) is 0 Å². The van der Waals surface area contributed by atoms with Crippen LogP contribution in [0.5, 0.6) is 0 Å². The summed E-state index contributed by atoms with van der Waals surface area (Å²) >= 11 is 0. The minimum absolute atomic E-state index is 0.0722. The molecular weight excluding hydrogens is 282 g/mol. The molecule has 0 spiro atoms. The first-order valence-corrected chi connectivity index (χ1v) is 7.78. The number of carbonyl (C=O) groups excluding carboxylic acids is 1. The van der Waals surface area contributed by atoms with Crippen LogP contribution in [-0.4, -0.2) is 56.5 Å². The second-order valence-electron chi connectivity index (χ2n) is 5.39. The number of carbonyl (C=O) groups is 1. The van der Waals surface area contributed by atoms with Gasteiger partial charge in [-0.15, -0.1) is 0 Å². The quantitative estimate of drug-likeness (QED) is 0.651. The van der Waals surface area contributed by atoms with Crippen LogP contribution < -0.4 is 15.5 Å². The van der Waals surface area contributed by atoms with Gasteiger partial charge in [-0.3, -0.25) is 4.79 Å². The topological polar surface area (TPSA) is 73.8 Å². The van der Waals surface area contributed by atoms with E-state index >= 15 is 0 Å². The molecule has 1 aliphatic heterocycles. The van der Waals surface area contributed by atoms with Gasteiger partial charge in [0.05, 0.1) is 19.3 Å². The van der Waals surface area contributed by atoms with Crippen LogP contribution in [0.25, 0.3) is 0 Å². The highest BCUT2D eigenvalue weighted by atomic mass is 16.5. The third-order valence-electron chi connectivity index (χ3n) is 3.69. The van der Waals surface area contributed by atoms with E-state index < -0.39 is 0 Å². The van der Waals surface area contributed by atoms with Gasteiger partial charge in [0.1, 0.15) is 0 Å². The van der Waals surface area contributed by atoms with Crippen LogP contribution in [0.15, 0.2) is 24.3 Å². The maximum Gasteiger partial charge on any atom is 0.241 e. The average Bonchev–Trinajstić information content (AvgIpc) is 2.56. The summed E-state index contributed by atoms with van der Waals surface area (Å²) in [6.07, 6.45) is 0.645. The number of benzene rings is 1. The standard InChI is InChI=1S/C16H25N3O3/c1-13(17-7-2-10-20)16(21)18-14-3-5-15(6-4-14)19-8-11-22-12-9-19/h3-6,13,17,20H,2,7-12H2,1H3,(H,18,21)/t13-/m1/s1. The van der Waals surface area contributed by atoms with Crippen molar-refractivity contribution < 1.29 is 14.6 Å². The van der Waals surface area contributed by atoms with E-state index in [1.807, 2.05) is 31.2 Å². The molecule has 6 nitrogen and oxygen atoms in total. The van der Waals surface area contributed by atoms with E-state index in [-0.39, 0.29) is 18.6 Å². The Balaban J connectivity index is 1.83. The van der Waals surface area contributed by atoms with Gasteiger partial charge in [-0.05, 0) is 44.2 Å². The summed E-state index contributed by atoms with van der Waals surface area (Å²) in [7, 11) is 0. The van der Waals surface area contributed by atoms with Gasteiger partial charge >= 0.3 is 0 Å². The van der Waals surface area contributed by atoms with Crippen LogP contribution in [0.4, 0.5) is 11.4 Å². The number of aliphatic hydroxyl groups excluding tert-OH is 1. The van der Waals surface area contributed by atoms with Crippen molar-refractivity contribution in [1.29, 1.82) is 0 Å². The fourth-order valence-electron chi connectivity index (χ4n) is 2.32. The molecular formula is C16H25N3O3. The first kappa shape index (κ1) is 16.7. The molecule has 0 saturated carbocycles. The monoisotopic (exact) mass is 307 g/mol. The van der Waals surface area contributed by atoms with Crippen LogP contribution >= 0.6 is 0 Å². The van der Waals surface area contributed by atoms with Crippen LogP contribution in [0.3, 0.4) is 0 Å². The molecule has 1 heterocycles. The summed E-state index contributed by atoms with van der Waals surface area (Å²) < 4.78 is 5.34. The normalized spacial score (nSPS) is 16.4. The Bertz CT molecular complexity index is 458. The van der Waals surface area contributed by atoms with Crippen molar-refractivity contribution in [3.8, 4) is 0 Å². The Hall–Kier alpha value is -1.63. The van der Waals surface area contributed by atoms with E-state index in [4.69, 9.17) is 9.84 Å². The number of nitrogens with one attached hydrogen (secondary N) is 2. The van der Waals surface area contributed by atoms with Gasteiger partial charge in [-0.25, -0.2) is 0 Å². The van der Waals surface area contributed by atoms with Crippen LogP contribution in [0.2, 0.25) is 0 Å². The van der Waals surface area contributed by atoms with Crippen molar-refractivity contribution in [3.63, 3.8) is 0 Å². The van der Waals surface area contributed by atoms with Crippen molar-refractivity contribution in [3.05, 3.63) is 24.3 Å². The smallest absolute Gasteiger partial charge is 0.241 e. The van der Waals surface area contributed by atoms with Crippen molar-refractivity contribution in [1.82, 2.24) is 5.32 Å². The van der Waals surface area contributed by atoms with Gasteiger partial charge in [-0.2, -0.15) is 0 Å². The second-order valence-corrected chi connectivity index (χ2v) is 5.39. The minimum atomic E-state index is -0.287. The summed E-state index contributed by atoms with van der Waals surface area (Å²) in [5, 5.41) is 14.7. The lowest BCUT2D eigenvalue weighted by molar-refractivity contribution is -0.117. The minimum Gasteiger partial charge on any atom is -0.396 e. The molecule has 1 aliphatic rings. The molecule has 1 aromatic carbocycles. The number of aliphatic hydroxyl groups is 1. The molecule has 0 radical (unpaired) electrons. The summed E-state index contributed by atoms with van der Waals surface area (Å²) in [6.45, 7) is 5.89. The molecule has 1 amide bonds. The predicted molar refractivity (Wildman–Crippen MR) is 87.3 cm³/mol. The summed E-state index contributed by atoms with van der Waals surface area (Å²) in [5.74, 6) is -0.0722. The van der Waals surface area contributed by atoms with E-state index in [2.05, 4.69) is 15.5 Å². The zero-order valence-corrected chi connectivity index (χ0v) is 13.0. The van der Waals surface area contributed by atoms with Gasteiger partial charge in [0.15, 0.2) is 0 Å². The number of hydrogen-bond acceptors (Lipinski definition) is 5. The molecule has 1 aromatic rings. The zero-order valence-electron chi connectivity index (χ0n) is 13.0. The lowest BCUT2D eigenvalue weighted by atomic mass is 10.2. The second kappa shape index (κ2) is 8.73. The zero-order chi connectivity index (χ0) is 15.8. The number of nitrogens with zero attached hydrogens (tertiary/aromatic N) is 1. The number of morpholine rings is 1. The number of hydrogen-bond donors (Lipinski definition) is 3. The lowest BCUT2D eigenvalue weighted by Crippen LogP contribution is -2.38. The maximum atomic E-state index is 12.0. The summed E-state index contributed by atoms with van der Waals surface area (Å²) in [4.78, 5) is 14.3. The van der Waals surface area contributed by atoms with Crippen molar-refractivity contribution >= 4 is 17.3 Å². The Labute approximate surface area is 131 Å². The number of rotatable bonds is 7. The van der Waals surface area contributed by atoms with Crippen molar-refractivity contribution in [2.75, 3.05) is 49.7 Å². The highest BCUT2D eigenvalue weighted by Gasteiger charge is 2.13. The third-order valence-corrected chi connectivity index (χ3v) is 3.69. The SMILES string of the molecule is C[C@@H](NCCCO)C(=O)Nc1ccc(N2CCOCC2)cc1. The number of anilines is 2. The molecule has 0 aliphatic carbocycles. The molecule has 0 unspecified atom stereocenters. The third kappa shape index (κ3) is 4.98. The fraction of sp³-hybridized carbons (Fsp3) is 0.562. The fourth-order valence-corrected chi connectivity index (χ4v) is 2.32. The van der Waals surface area contributed by atoms with Gasteiger partial charge in [0.2, 0.25) is 5.91 Å². The van der Waals surface area contributed by atoms with Gasteiger partial charge in [0, 0.05) is 31.1 Å². The molecule has 2 rings (SSSR count). The maximum absolute atomic E-state index is 12.0. The molecule has 1 atom stereocenters. The number of amides is 1. The van der Waals surface area contributed by atoms with Crippen LogP contribution in [-0.2, 0) is 9.53 Å². The van der Waals surface area contributed by atoms with Crippen molar-refractivity contribution in [2.45, 2.75) is 19.4 Å². The summed E-state index contributed by atoms with van der Waals surface area (Å²) in [5.41, 5.74) is 1.94. The van der Waals surface area contributed by atoms with Crippen LogP contribution in [0, 0.1) is 0 Å². The Kier molecular flexibility index (Phi) is 6.64. The lowest BCUT2D eigenvalue weighted by Gasteiger charge is -2.29. The van der Waals surface area contributed by atoms with E-state index in [1.54, 1.807) is 0 Å². The van der Waals surface area contributed by atoms with Gasteiger partial charge in [-0.1, -0.05) is 0 Å². The molecule has 3 N–H and O–H groups in total. The summed E-state index contributed by atoms with van der Waals surface area (Å²) in [6, 6.07) is 7.59. The molecule has 1 saturated heterocycles. The molecule has 122 valence electrons. The van der Waals surface area contributed by atoms with E-state index in [1.165, 1.54) is 0 Å². The first-order valence-electron chi connectivity index (χ1n) is 7.78. The largest absolute Gasteiger partial charge is 0.396 e. The van der Waals surface area contributed by atoms with Gasteiger partial charge < -0.3 is 25.4 Å². The molecule has 0 aromatic heterocycles. The Morgan fingerprint density at radius 3 is 2.64 bits per heavy atom. The average molecular weight is 307 g/mol. The molecule has 22 heavy (non-hydrogen) atoms. The molecule has 1 fully saturated rings. The highest BCUT2D eigenvalue weighted by Crippen LogP contribution is 2.19. The molecule has 0 bridgehead atoms. The first-order chi connectivity index (χ1) is 10.7. The van der Waals surface area contributed by atoms with E-state index in [0.717, 1.165) is 37.7 Å². The highest BCUT2D eigenvalue weighted by molar-refractivity contribution is 5.94. The predicted octanol–water partition coefficient (Wildman–Crippen LogP) is 0.822. The van der Waals surface area contributed by atoms with Crippen molar-refractivity contribution in [2.24, 2.45) is 0 Å². The van der Waals surface area contributed by atoms with E-state index in [0.29, 0.717) is 13.0 Å².